The number of hydrogen-bond acceptors (Lipinski definition) is 0. The summed E-state index contributed by atoms with van der Waals surface area (Å²) in [4.78, 5) is 0. The Kier molecular flexibility index (Phi) is 2.18. The van der Waals surface area contributed by atoms with Crippen LogP contribution in [0.25, 0.3) is 11.1 Å². The molecule has 0 N–H and O–H groups in total. The van der Waals surface area contributed by atoms with Crippen LogP contribution in [0.1, 0.15) is 0 Å². The van der Waals surface area contributed by atoms with Gasteiger partial charge in [0.25, 0.3) is 0 Å². The fourth-order valence-corrected chi connectivity index (χ4v) is 9.41. The number of fused-ring (bicyclic) bond motifs is 3. The molecule has 1 heterocycles. The molecule has 0 spiro atoms. The van der Waals surface area contributed by atoms with E-state index in [2.05, 4.69) is 68.7 Å². The molecule has 3 rings (SSSR count). The van der Waals surface area contributed by atoms with E-state index in [0.29, 0.717) is 0 Å². The van der Waals surface area contributed by atoms with E-state index in [1.165, 1.54) is 11.1 Å². The van der Waals surface area contributed by atoms with Crippen LogP contribution in [-0.2, 0) is 0 Å². The second-order valence-corrected chi connectivity index (χ2v) is 11.5. The predicted octanol–water partition coefficient (Wildman–Crippen LogP) is 2.21. The average Bonchev–Trinajstić information content (AvgIpc) is 2.55. The Hall–Kier alpha value is -0.272. The van der Waals surface area contributed by atoms with E-state index in [-0.39, 0.29) is 0 Å². The maximum atomic E-state index is 2.66. The number of halogens is 1. The topological polar surface area (TPSA) is 0 Å². The summed E-state index contributed by atoms with van der Waals surface area (Å²) in [6, 6.07) is 17.7. The average molecular weight is 354 g/mol. The quantitative estimate of drug-likeness (QED) is 0.503. The third-order valence-electron chi connectivity index (χ3n) is 2.52. The molecule has 0 amide bonds. The standard InChI is InChI=1S/C12H8AsI/c14-13-11-7-3-1-5-9(11)10-6-2-4-8-12(10)13/h1-8H. The Morgan fingerprint density at radius 1 is 0.714 bits per heavy atom. The van der Waals surface area contributed by atoms with Gasteiger partial charge in [-0.2, -0.15) is 0 Å². The molecule has 0 unspecified atom stereocenters. The molecule has 68 valence electrons. The first-order chi connectivity index (χ1) is 6.88. The van der Waals surface area contributed by atoms with Gasteiger partial charge in [-0.15, -0.1) is 0 Å². The van der Waals surface area contributed by atoms with Crippen molar-refractivity contribution in [3.63, 3.8) is 0 Å². The van der Waals surface area contributed by atoms with E-state index in [4.69, 9.17) is 0 Å². The molecule has 0 nitrogen and oxygen atoms in total. The van der Waals surface area contributed by atoms with Gasteiger partial charge in [0.15, 0.2) is 0 Å². The monoisotopic (exact) mass is 354 g/mol. The zero-order chi connectivity index (χ0) is 9.54. The van der Waals surface area contributed by atoms with Crippen molar-refractivity contribution in [1.82, 2.24) is 0 Å². The van der Waals surface area contributed by atoms with Crippen molar-refractivity contribution in [3.05, 3.63) is 48.5 Å². The Labute approximate surface area is 99.1 Å². The molecule has 0 aliphatic carbocycles. The molecule has 0 bridgehead atoms. The molecule has 14 heavy (non-hydrogen) atoms. The summed E-state index contributed by atoms with van der Waals surface area (Å²) in [7, 11) is 0. The van der Waals surface area contributed by atoms with Crippen LogP contribution in [0, 0.1) is 0 Å². The zero-order valence-electron chi connectivity index (χ0n) is 7.44. The van der Waals surface area contributed by atoms with Crippen LogP contribution in [0.5, 0.6) is 0 Å². The van der Waals surface area contributed by atoms with Gasteiger partial charge in [0.05, 0.1) is 0 Å². The van der Waals surface area contributed by atoms with E-state index in [1.807, 2.05) is 0 Å². The zero-order valence-corrected chi connectivity index (χ0v) is 11.5. The molecule has 2 heteroatoms. The summed E-state index contributed by atoms with van der Waals surface area (Å²) in [5, 5.41) is 0. The van der Waals surface area contributed by atoms with Crippen molar-refractivity contribution in [2.45, 2.75) is 0 Å². The minimum absolute atomic E-state index is 0.945. The summed E-state index contributed by atoms with van der Waals surface area (Å²) in [6.07, 6.45) is 0. The summed E-state index contributed by atoms with van der Waals surface area (Å²) in [5.41, 5.74) is 2.94. The summed E-state index contributed by atoms with van der Waals surface area (Å²) in [5.74, 6) is 0. The van der Waals surface area contributed by atoms with Crippen molar-refractivity contribution in [2.24, 2.45) is 0 Å². The van der Waals surface area contributed by atoms with Gasteiger partial charge < -0.3 is 0 Å². The van der Waals surface area contributed by atoms with Crippen LogP contribution < -0.4 is 8.70 Å². The van der Waals surface area contributed by atoms with Crippen molar-refractivity contribution in [2.75, 3.05) is 0 Å². The third kappa shape index (κ3) is 1.19. The van der Waals surface area contributed by atoms with Gasteiger partial charge in [-0.05, 0) is 0 Å². The number of rotatable bonds is 0. The van der Waals surface area contributed by atoms with Crippen molar-refractivity contribution in [3.8, 4) is 11.1 Å². The molecular weight excluding hydrogens is 346 g/mol. The van der Waals surface area contributed by atoms with Crippen LogP contribution in [0.3, 0.4) is 0 Å². The van der Waals surface area contributed by atoms with Crippen LogP contribution in [-0.4, -0.2) is 11.3 Å². The Bertz CT molecular complexity index is 448. The molecule has 0 aromatic heterocycles. The van der Waals surface area contributed by atoms with E-state index in [1.54, 1.807) is 8.70 Å². The molecule has 0 saturated carbocycles. The van der Waals surface area contributed by atoms with Crippen LogP contribution in [0.4, 0.5) is 0 Å². The third-order valence-corrected chi connectivity index (χ3v) is 11.3. The van der Waals surface area contributed by atoms with Gasteiger partial charge in [-0.1, -0.05) is 0 Å². The Balaban J connectivity index is 2.36. The molecule has 1 aliphatic rings. The molecule has 2 aromatic rings. The van der Waals surface area contributed by atoms with Crippen molar-refractivity contribution < 1.29 is 0 Å². The minimum atomic E-state index is -0.945. The Morgan fingerprint density at radius 2 is 1.14 bits per heavy atom. The summed E-state index contributed by atoms with van der Waals surface area (Å²) in [6.45, 7) is 0. The molecule has 2 aromatic carbocycles. The second-order valence-electron chi connectivity index (χ2n) is 3.32. The molecule has 1 aliphatic heterocycles. The summed E-state index contributed by atoms with van der Waals surface area (Å²) < 4.78 is 3.20. The molecule has 0 saturated heterocycles. The van der Waals surface area contributed by atoms with E-state index >= 15 is 0 Å². The fraction of sp³-hybridized carbons (Fsp3) is 0. The first kappa shape index (κ1) is 8.99. The van der Waals surface area contributed by atoms with Gasteiger partial charge >= 0.3 is 99.8 Å². The second kappa shape index (κ2) is 3.39. The molecule has 0 radical (unpaired) electrons. The fourth-order valence-electron chi connectivity index (χ4n) is 1.87. The molecular formula is C12H8AsI. The van der Waals surface area contributed by atoms with Gasteiger partial charge in [0.1, 0.15) is 0 Å². The maximum absolute atomic E-state index is 2.66. The van der Waals surface area contributed by atoms with Crippen molar-refractivity contribution >= 4 is 40.1 Å². The molecule has 0 atom stereocenters. The predicted molar refractivity (Wildman–Crippen MR) is 70.9 cm³/mol. The van der Waals surface area contributed by atoms with Gasteiger partial charge in [0.2, 0.25) is 0 Å². The van der Waals surface area contributed by atoms with Crippen LogP contribution in [0.2, 0.25) is 0 Å². The first-order valence-corrected chi connectivity index (χ1v) is 12.1. The van der Waals surface area contributed by atoms with Crippen molar-refractivity contribution in [1.29, 1.82) is 0 Å². The number of benzene rings is 2. The van der Waals surface area contributed by atoms with Gasteiger partial charge in [0, 0.05) is 0 Å². The van der Waals surface area contributed by atoms with Gasteiger partial charge in [-0.25, -0.2) is 0 Å². The van der Waals surface area contributed by atoms with Crippen LogP contribution >= 0.6 is 20.1 Å². The van der Waals surface area contributed by atoms with E-state index < -0.39 is 11.3 Å². The molecule has 0 fully saturated rings. The number of hydrogen-bond donors (Lipinski definition) is 0. The van der Waals surface area contributed by atoms with E-state index in [9.17, 15) is 0 Å². The van der Waals surface area contributed by atoms with E-state index in [0.717, 1.165) is 0 Å². The van der Waals surface area contributed by atoms with Gasteiger partial charge in [-0.3, -0.25) is 0 Å². The van der Waals surface area contributed by atoms with Crippen LogP contribution in [0.15, 0.2) is 48.5 Å². The SMILES string of the molecule is I[As]1c2ccccc2-c2ccccc21. The summed E-state index contributed by atoms with van der Waals surface area (Å²) >= 11 is 1.72. The Morgan fingerprint density at radius 3 is 1.64 bits per heavy atom. The first-order valence-electron chi connectivity index (χ1n) is 4.52. The normalized spacial score (nSPS) is 13.8.